The van der Waals surface area contributed by atoms with E-state index >= 15 is 0 Å². The number of rotatable bonds is 4. The number of aromatic nitrogens is 2. The van der Waals surface area contributed by atoms with Gasteiger partial charge in [-0.1, -0.05) is 23.7 Å². The fourth-order valence-corrected chi connectivity index (χ4v) is 3.06. The van der Waals surface area contributed by atoms with Gasteiger partial charge in [0.05, 0.1) is 0 Å². The molecule has 1 heterocycles. The number of hydrogen-bond donors (Lipinski definition) is 0. The minimum absolute atomic E-state index is 0.151. The lowest BCUT2D eigenvalue weighted by Gasteiger charge is -2.08. The highest BCUT2D eigenvalue weighted by atomic mass is 35.5. The Morgan fingerprint density at radius 1 is 1.12 bits per heavy atom. The fraction of sp³-hybridized carbons (Fsp3) is 0.0588. The van der Waals surface area contributed by atoms with E-state index in [1.54, 1.807) is 24.3 Å². The monoisotopic (exact) mass is 378 g/mol. The maximum atomic E-state index is 13.7. The van der Waals surface area contributed by atoms with Gasteiger partial charge >= 0.3 is 0 Å². The molecule has 0 fully saturated rings. The van der Waals surface area contributed by atoms with Gasteiger partial charge in [-0.05, 0) is 24.3 Å². The van der Waals surface area contributed by atoms with Crippen LogP contribution >= 0.6 is 11.6 Å². The standard InChI is InChI=1S/C17H12ClFN2O3S/c1-25(22,23)15-10-13(5-6-14(15)19)24-16-7-8-20-17(21-16)11-3-2-4-12(18)9-11/h2-10H,1H3. The molecule has 8 heteroatoms. The smallest absolute Gasteiger partial charge is 0.222 e. The van der Waals surface area contributed by atoms with Crippen LogP contribution in [0.4, 0.5) is 4.39 Å². The van der Waals surface area contributed by atoms with Crippen LogP contribution in [0.15, 0.2) is 59.6 Å². The minimum atomic E-state index is -3.71. The quantitative estimate of drug-likeness (QED) is 0.682. The predicted octanol–water partition coefficient (Wildman–Crippen LogP) is 4.13. The Labute approximate surface area is 149 Å². The Balaban J connectivity index is 1.93. The zero-order chi connectivity index (χ0) is 18.0. The second-order valence-corrected chi connectivity index (χ2v) is 7.62. The Morgan fingerprint density at radius 3 is 2.64 bits per heavy atom. The zero-order valence-corrected chi connectivity index (χ0v) is 14.6. The van der Waals surface area contributed by atoms with E-state index in [0.717, 1.165) is 18.4 Å². The van der Waals surface area contributed by atoms with Crippen LogP contribution in [0.25, 0.3) is 11.4 Å². The summed E-state index contributed by atoms with van der Waals surface area (Å²) < 4.78 is 42.4. The number of benzene rings is 2. The van der Waals surface area contributed by atoms with Crippen LogP contribution in [0.2, 0.25) is 5.02 Å². The van der Waals surface area contributed by atoms with Crippen molar-refractivity contribution in [2.45, 2.75) is 4.90 Å². The Bertz CT molecular complexity index is 1040. The summed E-state index contributed by atoms with van der Waals surface area (Å²) in [6.07, 6.45) is 2.43. The molecule has 0 saturated carbocycles. The molecule has 0 aliphatic carbocycles. The van der Waals surface area contributed by atoms with Gasteiger partial charge in [-0.15, -0.1) is 0 Å². The van der Waals surface area contributed by atoms with Crippen molar-refractivity contribution in [1.29, 1.82) is 0 Å². The Morgan fingerprint density at radius 2 is 1.92 bits per heavy atom. The van der Waals surface area contributed by atoms with E-state index in [1.165, 1.54) is 18.3 Å². The molecule has 0 atom stereocenters. The van der Waals surface area contributed by atoms with E-state index < -0.39 is 20.5 Å². The number of hydrogen-bond acceptors (Lipinski definition) is 5. The number of halogens is 2. The Hall–Kier alpha value is -2.51. The van der Waals surface area contributed by atoms with Crippen molar-refractivity contribution in [2.75, 3.05) is 6.26 Å². The summed E-state index contributed by atoms with van der Waals surface area (Å²) in [6.45, 7) is 0. The highest BCUT2D eigenvalue weighted by Gasteiger charge is 2.15. The minimum Gasteiger partial charge on any atom is -0.439 e. The maximum absolute atomic E-state index is 13.7. The van der Waals surface area contributed by atoms with Crippen molar-refractivity contribution in [3.05, 3.63) is 65.6 Å². The van der Waals surface area contributed by atoms with Gasteiger partial charge in [0, 0.05) is 35.2 Å². The van der Waals surface area contributed by atoms with E-state index in [9.17, 15) is 12.8 Å². The molecule has 3 aromatic rings. The molecule has 0 bridgehead atoms. The van der Waals surface area contributed by atoms with Crippen LogP contribution in [0.1, 0.15) is 0 Å². The topological polar surface area (TPSA) is 69.2 Å². The first-order valence-corrected chi connectivity index (χ1v) is 9.36. The molecule has 0 spiro atoms. The van der Waals surface area contributed by atoms with Gasteiger partial charge in [-0.2, -0.15) is 4.98 Å². The summed E-state index contributed by atoms with van der Waals surface area (Å²) in [6, 6.07) is 12.0. The predicted molar refractivity (Wildman–Crippen MR) is 92.1 cm³/mol. The van der Waals surface area contributed by atoms with E-state index in [-0.39, 0.29) is 11.6 Å². The molecule has 0 saturated heterocycles. The van der Waals surface area contributed by atoms with Crippen molar-refractivity contribution < 1.29 is 17.5 Å². The van der Waals surface area contributed by atoms with Gasteiger partial charge in [-0.3, -0.25) is 0 Å². The van der Waals surface area contributed by atoms with Crippen LogP contribution in [0, 0.1) is 5.82 Å². The molecule has 1 aromatic heterocycles. The van der Waals surface area contributed by atoms with Crippen LogP contribution in [-0.4, -0.2) is 24.6 Å². The van der Waals surface area contributed by atoms with Crippen LogP contribution in [0.3, 0.4) is 0 Å². The molecule has 2 aromatic carbocycles. The van der Waals surface area contributed by atoms with Crippen molar-refractivity contribution >= 4 is 21.4 Å². The molecule has 5 nitrogen and oxygen atoms in total. The van der Waals surface area contributed by atoms with E-state index in [0.29, 0.717) is 16.4 Å². The molecule has 0 amide bonds. The number of nitrogens with zero attached hydrogens (tertiary/aromatic N) is 2. The van der Waals surface area contributed by atoms with E-state index in [4.69, 9.17) is 16.3 Å². The third kappa shape index (κ3) is 4.12. The summed E-state index contributed by atoms with van der Waals surface area (Å²) in [5.74, 6) is -0.101. The van der Waals surface area contributed by atoms with Crippen molar-refractivity contribution in [3.8, 4) is 23.0 Å². The highest BCUT2D eigenvalue weighted by molar-refractivity contribution is 7.90. The van der Waals surface area contributed by atoms with E-state index in [2.05, 4.69) is 9.97 Å². The lowest BCUT2D eigenvalue weighted by molar-refractivity contribution is 0.457. The first kappa shape index (κ1) is 17.3. The normalized spacial score (nSPS) is 11.3. The molecule has 0 aliphatic rings. The molecule has 0 radical (unpaired) electrons. The van der Waals surface area contributed by atoms with Crippen molar-refractivity contribution in [1.82, 2.24) is 9.97 Å². The first-order valence-electron chi connectivity index (χ1n) is 7.09. The summed E-state index contributed by atoms with van der Waals surface area (Å²) in [5, 5.41) is 0.545. The van der Waals surface area contributed by atoms with Gasteiger partial charge in [0.2, 0.25) is 5.88 Å². The van der Waals surface area contributed by atoms with Gasteiger partial charge in [0.15, 0.2) is 15.7 Å². The number of ether oxygens (including phenoxy) is 1. The lowest BCUT2D eigenvalue weighted by atomic mass is 10.2. The third-order valence-electron chi connectivity index (χ3n) is 3.24. The van der Waals surface area contributed by atoms with Gasteiger partial charge in [0.1, 0.15) is 16.5 Å². The maximum Gasteiger partial charge on any atom is 0.222 e. The second kappa shape index (κ2) is 6.78. The fourth-order valence-electron chi connectivity index (χ4n) is 2.12. The average molecular weight is 379 g/mol. The van der Waals surface area contributed by atoms with Crippen LogP contribution in [0.5, 0.6) is 11.6 Å². The molecular weight excluding hydrogens is 367 g/mol. The molecule has 0 N–H and O–H groups in total. The number of sulfone groups is 1. The first-order chi connectivity index (χ1) is 11.8. The largest absolute Gasteiger partial charge is 0.439 e. The SMILES string of the molecule is CS(=O)(=O)c1cc(Oc2ccnc(-c3cccc(Cl)c3)n2)ccc1F. The average Bonchev–Trinajstić information content (AvgIpc) is 2.56. The summed E-state index contributed by atoms with van der Waals surface area (Å²) in [4.78, 5) is 7.98. The van der Waals surface area contributed by atoms with Crippen molar-refractivity contribution in [3.63, 3.8) is 0 Å². The Kier molecular flexibility index (Phi) is 4.69. The molecule has 0 aliphatic heterocycles. The molecule has 128 valence electrons. The summed E-state index contributed by atoms with van der Waals surface area (Å²) in [7, 11) is -3.71. The van der Waals surface area contributed by atoms with Gasteiger partial charge < -0.3 is 4.74 Å². The molecule has 25 heavy (non-hydrogen) atoms. The van der Waals surface area contributed by atoms with Crippen LogP contribution in [-0.2, 0) is 9.84 Å². The molecular formula is C17H12ClFN2O3S. The van der Waals surface area contributed by atoms with Crippen LogP contribution < -0.4 is 4.74 Å². The third-order valence-corrected chi connectivity index (χ3v) is 4.58. The summed E-state index contributed by atoms with van der Waals surface area (Å²) >= 11 is 5.96. The lowest BCUT2D eigenvalue weighted by Crippen LogP contribution is -2.01. The molecule has 0 unspecified atom stereocenters. The molecule has 3 rings (SSSR count). The van der Waals surface area contributed by atoms with Gasteiger partial charge in [-0.25, -0.2) is 17.8 Å². The highest BCUT2D eigenvalue weighted by Crippen LogP contribution is 2.26. The second-order valence-electron chi connectivity index (χ2n) is 5.20. The summed E-state index contributed by atoms with van der Waals surface area (Å²) in [5.41, 5.74) is 0.703. The van der Waals surface area contributed by atoms with Gasteiger partial charge in [0.25, 0.3) is 0 Å². The van der Waals surface area contributed by atoms with Crippen molar-refractivity contribution in [2.24, 2.45) is 0 Å². The van der Waals surface area contributed by atoms with E-state index in [1.807, 2.05) is 0 Å². The zero-order valence-electron chi connectivity index (χ0n) is 13.0.